The minimum Gasteiger partial charge on any atom is -0.392 e. The van der Waals surface area contributed by atoms with E-state index in [0.717, 1.165) is 13.1 Å². The van der Waals surface area contributed by atoms with Crippen LogP contribution in [0, 0.1) is 6.92 Å². The summed E-state index contributed by atoms with van der Waals surface area (Å²) in [4.78, 5) is 2.32. The van der Waals surface area contributed by atoms with Crippen LogP contribution in [0.25, 0.3) is 0 Å². The van der Waals surface area contributed by atoms with E-state index in [9.17, 15) is 5.11 Å². The Kier molecular flexibility index (Phi) is 3.34. The summed E-state index contributed by atoms with van der Waals surface area (Å²) in [6.07, 6.45) is 3.46. The van der Waals surface area contributed by atoms with Crippen LogP contribution in [0.1, 0.15) is 26.2 Å². The molecule has 0 spiro atoms. The van der Waals surface area contributed by atoms with Gasteiger partial charge < -0.3 is 5.11 Å². The maximum Gasteiger partial charge on any atom is 0.0693 e. The van der Waals surface area contributed by atoms with Crippen LogP contribution >= 0.6 is 0 Å². The Labute approximate surface area is 69.2 Å². The molecule has 2 nitrogen and oxygen atoms in total. The third-order valence-electron chi connectivity index (χ3n) is 2.52. The molecule has 0 amide bonds. The Hall–Kier alpha value is -0.0800. The Morgan fingerprint density at radius 3 is 2.27 bits per heavy atom. The average molecular weight is 156 g/mol. The van der Waals surface area contributed by atoms with Crippen LogP contribution in [0.3, 0.4) is 0 Å². The van der Waals surface area contributed by atoms with Crippen molar-refractivity contribution < 1.29 is 5.11 Å². The smallest absolute Gasteiger partial charge is 0.0693 e. The molecule has 1 saturated heterocycles. The summed E-state index contributed by atoms with van der Waals surface area (Å²) < 4.78 is 0. The third-order valence-corrected chi connectivity index (χ3v) is 2.52. The predicted octanol–water partition coefficient (Wildman–Crippen LogP) is 1.06. The molecule has 0 aromatic heterocycles. The van der Waals surface area contributed by atoms with Crippen molar-refractivity contribution in [2.75, 3.05) is 13.1 Å². The molecule has 0 saturated carbocycles. The summed E-state index contributed by atoms with van der Waals surface area (Å²) in [6, 6.07) is 0.232. The molecule has 0 aromatic rings. The number of nitrogens with zero attached hydrogens (tertiary/aromatic N) is 1. The summed E-state index contributed by atoms with van der Waals surface area (Å²) in [5.41, 5.74) is 0. The fourth-order valence-electron chi connectivity index (χ4n) is 1.57. The topological polar surface area (TPSA) is 23.5 Å². The lowest BCUT2D eigenvalue weighted by Crippen LogP contribution is -2.43. The van der Waals surface area contributed by atoms with Crippen molar-refractivity contribution in [3.63, 3.8) is 0 Å². The second-order valence-electron chi connectivity index (χ2n) is 3.40. The standard InChI is InChI=1S/C9H18NO/c1-8(9(2)11)10-6-4-3-5-7-10/h8-9,11H,2-7H2,1H3. The van der Waals surface area contributed by atoms with Gasteiger partial charge in [-0.2, -0.15) is 0 Å². The molecule has 1 rings (SSSR count). The zero-order valence-corrected chi connectivity index (χ0v) is 7.29. The largest absolute Gasteiger partial charge is 0.392 e. The molecule has 1 aliphatic heterocycles. The van der Waals surface area contributed by atoms with Gasteiger partial charge in [-0.25, -0.2) is 0 Å². The van der Waals surface area contributed by atoms with Crippen LogP contribution in [0.5, 0.6) is 0 Å². The molecule has 11 heavy (non-hydrogen) atoms. The number of hydrogen-bond donors (Lipinski definition) is 1. The van der Waals surface area contributed by atoms with Gasteiger partial charge in [0.2, 0.25) is 0 Å². The third kappa shape index (κ3) is 2.46. The number of hydrogen-bond acceptors (Lipinski definition) is 2. The van der Waals surface area contributed by atoms with Gasteiger partial charge in [0, 0.05) is 6.04 Å². The van der Waals surface area contributed by atoms with Crippen molar-refractivity contribution in [2.45, 2.75) is 38.3 Å². The lowest BCUT2D eigenvalue weighted by Gasteiger charge is -2.33. The van der Waals surface area contributed by atoms with Gasteiger partial charge in [-0.3, -0.25) is 4.90 Å². The highest BCUT2D eigenvalue weighted by molar-refractivity contribution is 4.78. The van der Waals surface area contributed by atoms with Crippen molar-refractivity contribution in [2.24, 2.45) is 0 Å². The number of piperidine rings is 1. The molecule has 1 aliphatic rings. The van der Waals surface area contributed by atoms with E-state index in [-0.39, 0.29) is 6.04 Å². The molecule has 65 valence electrons. The van der Waals surface area contributed by atoms with Gasteiger partial charge in [0.1, 0.15) is 0 Å². The van der Waals surface area contributed by atoms with E-state index < -0.39 is 6.10 Å². The number of likely N-dealkylation sites (tertiary alicyclic amines) is 1. The van der Waals surface area contributed by atoms with E-state index in [1.54, 1.807) is 0 Å². The molecular formula is C9H18NO. The summed E-state index contributed by atoms with van der Waals surface area (Å²) >= 11 is 0. The van der Waals surface area contributed by atoms with Gasteiger partial charge in [-0.1, -0.05) is 6.42 Å². The van der Waals surface area contributed by atoms with Crippen molar-refractivity contribution in [1.29, 1.82) is 0 Å². The highest BCUT2D eigenvalue weighted by Gasteiger charge is 2.19. The molecule has 2 unspecified atom stereocenters. The quantitative estimate of drug-likeness (QED) is 0.646. The Bertz CT molecular complexity index is 108. The summed E-state index contributed by atoms with van der Waals surface area (Å²) in [6.45, 7) is 7.94. The first kappa shape index (κ1) is 9.01. The number of rotatable bonds is 2. The van der Waals surface area contributed by atoms with Gasteiger partial charge >= 0.3 is 0 Å². The van der Waals surface area contributed by atoms with Gasteiger partial charge in [0.15, 0.2) is 0 Å². The number of aliphatic hydroxyl groups excluding tert-OH is 1. The van der Waals surface area contributed by atoms with E-state index in [4.69, 9.17) is 0 Å². The highest BCUT2D eigenvalue weighted by atomic mass is 16.3. The van der Waals surface area contributed by atoms with Gasteiger partial charge in [0.05, 0.1) is 6.10 Å². The second-order valence-corrected chi connectivity index (χ2v) is 3.40. The van der Waals surface area contributed by atoms with Gasteiger partial charge in [0.25, 0.3) is 0 Å². The first-order valence-electron chi connectivity index (χ1n) is 4.47. The second kappa shape index (κ2) is 4.07. The van der Waals surface area contributed by atoms with E-state index >= 15 is 0 Å². The molecule has 1 radical (unpaired) electrons. The van der Waals surface area contributed by atoms with Crippen molar-refractivity contribution >= 4 is 0 Å². The summed E-state index contributed by atoms with van der Waals surface area (Å²) in [5.74, 6) is 0. The summed E-state index contributed by atoms with van der Waals surface area (Å²) in [7, 11) is 0. The Balaban J connectivity index is 2.32. The zero-order chi connectivity index (χ0) is 8.27. The Morgan fingerprint density at radius 2 is 1.82 bits per heavy atom. The molecule has 2 heteroatoms. The molecule has 1 N–H and O–H groups in total. The molecular weight excluding hydrogens is 138 g/mol. The van der Waals surface area contributed by atoms with Gasteiger partial charge in [-0.05, 0) is 39.8 Å². The van der Waals surface area contributed by atoms with Crippen LogP contribution in [0.2, 0.25) is 0 Å². The van der Waals surface area contributed by atoms with Crippen molar-refractivity contribution in [3.8, 4) is 0 Å². The predicted molar refractivity (Wildman–Crippen MR) is 46.2 cm³/mol. The molecule has 1 heterocycles. The van der Waals surface area contributed by atoms with E-state index in [1.807, 2.05) is 6.92 Å². The fourth-order valence-corrected chi connectivity index (χ4v) is 1.57. The van der Waals surface area contributed by atoms with E-state index in [1.165, 1.54) is 19.3 Å². The van der Waals surface area contributed by atoms with Crippen LogP contribution in [-0.2, 0) is 0 Å². The minimum atomic E-state index is -0.437. The first-order valence-corrected chi connectivity index (χ1v) is 4.47. The zero-order valence-electron chi connectivity index (χ0n) is 7.29. The normalized spacial score (nSPS) is 26.5. The Morgan fingerprint density at radius 1 is 1.27 bits per heavy atom. The lowest BCUT2D eigenvalue weighted by atomic mass is 10.1. The maximum atomic E-state index is 9.22. The molecule has 0 bridgehead atoms. The highest BCUT2D eigenvalue weighted by Crippen LogP contribution is 2.13. The molecule has 2 atom stereocenters. The van der Waals surface area contributed by atoms with Crippen molar-refractivity contribution in [1.82, 2.24) is 4.90 Å². The molecule has 0 aliphatic carbocycles. The lowest BCUT2D eigenvalue weighted by molar-refractivity contribution is 0.0737. The van der Waals surface area contributed by atoms with Crippen LogP contribution in [-0.4, -0.2) is 35.2 Å². The molecule has 0 aromatic carbocycles. The fraction of sp³-hybridized carbons (Fsp3) is 0.889. The number of aliphatic hydroxyl groups is 1. The van der Waals surface area contributed by atoms with Gasteiger partial charge in [-0.15, -0.1) is 0 Å². The monoisotopic (exact) mass is 156 g/mol. The van der Waals surface area contributed by atoms with Crippen LogP contribution < -0.4 is 0 Å². The van der Waals surface area contributed by atoms with E-state index in [2.05, 4.69) is 11.8 Å². The molecule has 1 fully saturated rings. The SMILES string of the molecule is [CH2]C(O)C(C)N1CCCCC1. The van der Waals surface area contributed by atoms with Crippen molar-refractivity contribution in [3.05, 3.63) is 6.92 Å². The summed E-state index contributed by atoms with van der Waals surface area (Å²) in [5, 5.41) is 9.22. The minimum absolute atomic E-state index is 0.232. The van der Waals surface area contributed by atoms with Crippen LogP contribution in [0.4, 0.5) is 0 Å². The average Bonchev–Trinajstić information content (AvgIpc) is 2.05. The maximum absolute atomic E-state index is 9.22. The first-order chi connectivity index (χ1) is 5.22. The van der Waals surface area contributed by atoms with Crippen LogP contribution in [0.15, 0.2) is 0 Å². The van der Waals surface area contributed by atoms with E-state index in [0.29, 0.717) is 0 Å².